The monoisotopic (exact) mass is 544 g/mol. The lowest BCUT2D eigenvalue weighted by Crippen LogP contribution is -2.44. The molecule has 192 valence electrons. The molecule has 1 saturated heterocycles. The molecule has 38 heavy (non-hydrogen) atoms. The zero-order chi connectivity index (χ0) is 26.2. The summed E-state index contributed by atoms with van der Waals surface area (Å²) in [5, 5.41) is 0.443. The third-order valence-corrected chi connectivity index (χ3v) is 9.78. The molecule has 0 radical (unpaired) electrons. The van der Waals surface area contributed by atoms with E-state index in [2.05, 4.69) is 14.3 Å². The van der Waals surface area contributed by atoms with E-state index in [1.54, 1.807) is 6.20 Å². The second kappa shape index (κ2) is 8.45. The van der Waals surface area contributed by atoms with Crippen LogP contribution in [0.4, 0.5) is 11.6 Å². The van der Waals surface area contributed by atoms with Crippen molar-refractivity contribution in [3.05, 3.63) is 70.5 Å². The minimum atomic E-state index is -0.420. The van der Waals surface area contributed by atoms with E-state index in [0.717, 1.165) is 70.3 Å². The van der Waals surface area contributed by atoms with Crippen molar-refractivity contribution >= 4 is 57.7 Å². The minimum Gasteiger partial charge on any atom is -0.382 e. The summed E-state index contributed by atoms with van der Waals surface area (Å²) >= 11 is 7.90. The summed E-state index contributed by atoms with van der Waals surface area (Å²) in [5.41, 5.74) is 23.6. The molecular formula is C27H25ClN8OS. The summed E-state index contributed by atoms with van der Waals surface area (Å²) in [6, 6.07) is 11.5. The Morgan fingerprint density at radius 1 is 1.11 bits per heavy atom. The molecule has 1 aliphatic heterocycles. The van der Waals surface area contributed by atoms with Crippen molar-refractivity contribution in [2.24, 2.45) is 16.9 Å². The molecule has 1 amide bonds. The van der Waals surface area contributed by atoms with Gasteiger partial charge in [-0.05, 0) is 66.1 Å². The maximum Gasteiger partial charge on any atom is 0.248 e. The van der Waals surface area contributed by atoms with E-state index in [-0.39, 0.29) is 11.5 Å². The molecule has 5 heterocycles. The molecule has 9 nitrogen and oxygen atoms in total. The quantitative estimate of drug-likeness (QED) is 0.308. The third-order valence-electron chi connectivity index (χ3n) is 8.17. The van der Waals surface area contributed by atoms with E-state index in [0.29, 0.717) is 16.4 Å². The molecule has 7 rings (SSSR count). The maximum absolute atomic E-state index is 11.7. The molecule has 6 N–H and O–H groups in total. The molecule has 1 fully saturated rings. The van der Waals surface area contributed by atoms with Gasteiger partial charge in [0.25, 0.3) is 0 Å². The van der Waals surface area contributed by atoms with Gasteiger partial charge < -0.3 is 22.1 Å². The summed E-state index contributed by atoms with van der Waals surface area (Å²) in [6.07, 6.45) is 6.34. The van der Waals surface area contributed by atoms with Gasteiger partial charge in [0.2, 0.25) is 5.91 Å². The fourth-order valence-electron chi connectivity index (χ4n) is 6.09. The van der Waals surface area contributed by atoms with Crippen LogP contribution in [-0.2, 0) is 6.42 Å². The fraction of sp³-hybridized carbons (Fsp3) is 0.259. The number of carbonyl (C=O) groups is 1. The van der Waals surface area contributed by atoms with E-state index >= 15 is 0 Å². The summed E-state index contributed by atoms with van der Waals surface area (Å²) in [4.78, 5) is 29.6. The van der Waals surface area contributed by atoms with Gasteiger partial charge in [0, 0.05) is 35.8 Å². The number of nitrogen functional groups attached to an aromatic ring is 1. The van der Waals surface area contributed by atoms with Crippen LogP contribution in [0.3, 0.4) is 0 Å². The molecule has 4 aromatic heterocycles. The molecule has 11 heteroatoms. The number of imidazole rings is 2. The van der Waals surface area contributed by atoms with Gasteiger partial charge in [0.05, 0.1) is 16.1 Å². The summed E-state index contributed by atoms with van der Waals surface area (Å²) in [6.45, 7) is 1.69. The van der Waals surface area contributed by atoms with Gasteiger partial charge in [-0.2, -0.15) is 0 Å². The lowest BCUT2D eigenvalue weighted by Gasteiger charge is -2.42. The van der Waals surface area contributed by atoms with Crippen molar-refractivity contribution in [1.82, 2.24) is 19.4 Å². The molecule has 1 atom stereocenters. The number of amides is 1. The Hall–Kier alpha value is -3.60. The Kier molecular flexibility index (Phi) is 5.23. The number of fused-ring (bicyclic) bond motifs is 1. The van der Waals surface area contributed by atoms with Crippen LogP contribution in [0.25, 0.3) is 16.8 Å². The highest BCUT2D eigenvalue weighted by Gasteiger charge is 2.46. The lowest BCUT2D eigenvalue weighted by molar-refractivity contribution is 0.1000. The first-order valence-corrected chi connectivity index (χ1v) is 13.6. The number of nitrogens with two attached hydrogens (primary N) is 3. The number of hydrogen-bond acceptors (Lipinski definition) is 8. The zero-order valence-corrected chi connectivity index (χ0v) is 22.0. The lowest BCUT2D eigenvalue weighted by atomic mass is 9.73. The number of halogens is 1. The first-order valence-electron chi connectivity index (χ1n) is 12.5. The molecule has 2 aliphatic rings. The van der Waals surface area contributed by atoms with Crippen LogP contribution < -0.4 is 22.1 Å². The van der Waals surface area contributed by atoms with Gasteiger partial charge in [-0.1, -0.05) is 29.4 Å². The Morgan fingerprint density at radius 3 is 2.71 bits per heavy atom. The number of nitrogens with zero attached hydrogens (tertiary/aromatic N) is 5. The standard InChI is InChI=1S/C27H25ClN8OS/c28-21-18(5-8-32-23(21)30)38-19-3-4-20-34-25(17-13-33-26(19)36(17)20)35-9-6-27(7-10-35)12-15-2-1-14(24(31)37)11-16(15)22(27)29/h1-5,8,11,13,22H,6-7,9-10,12,29H2,(H2,30,32)(H2,31,37). The average molecular weight is 545 g/mol. The van der Waals surface area contributed by atoms with Crippen LogP contribution in [0.1, 0.15) is 40.4 Å². The van der Waals surface area contributed by atoms with Gasteiger partial charge in [-0.15, -0.1) is 0 Å². The smallest absolute Gasteiger partial charge is 0.248 e. The number of primary amides is 1. The Balaban J connectivity index is 1.15. The van der Waals surface area contributed by atoms with E-state index in [4.69, 9.17) is 38.8 Å². The molecule has 0 bridgehead atoms. The third kappa shape index (κ3) is 3.44. The number of hydrogen-bond donors (Lipinski definition) is 3. The van der Waals surface area contributed by atoms with E-state index < -0.39 is 5.91 Å². The van der Waals surface area contributed by atoms with E-state index in [1.165, 1.54) is 17.3 Å². The van der Waals surface area contributed by atoms with Gasteiger partial charge >= 0.3 is 0 Å². The molecular weight excluding hydrogens is 520 g/mol. The SMILES string of the molecule is NC(=O)c1ccc2c(c1)C(N)C1(CCN(c3nc4ccc(Sc5ccnc(N)c5Cl)c5ncc3n45)CC1)C2. The normalized spacial score (nSPS) is 18.6. The predicted octanol–water partition coefficient (Wildman–Crippen LogP) is 4.04. The number of carbonyl (C=O) groups excluding carboxylic acids is 1. The van der Waals surface area contributed by atoms with Gasteiger partial charge in [-0.3, -0.25) is 9.20 Å². The molecule has 5 aromatic rings. The van der Waals surface area contributed by atoms with Crippen LogP contribution in [-0.4, -0.2) is 38.3 Å². The zero-order valence-electron chi connectivity index (χ0n) is 20.4. The molecule has 1 aliphatic carbocycles. The summed E-state index contributed by atoms with van der Waals surface area (Å²) in [7, 11) is 0. The second-order valence-corrected chi connectivity index (χ2v) is 11.6. The van der Waals surface area contributed by atoms with Crippen LogP contribution in [0.15, 0.2) is 58.6 Å². The highest BCUT2D eigenvalue weighted by atomic mass is 35.5. The largest absolute Gasteiger partial charge is 0.382 e. The topological polar surface area (TPSA) is 141 Å². The molecule has 1 unspecified atom stereocenters. The first kappa shape index (κ1) is 23.5. The number of anilines is 2. The van der Waals surface area contributed by atoms with Crippen molar-refractivity contribution in [2.75, 3.05) is 23.7 Å². The second-order valence-electron chi connectivity index (χ2n) is 10.2. The molecule has 1 aromatic carbocycles. The Labute approximate surface area is 227 Å². The van der Waals surface area contributed by atoms with Crippen LogP contribution >= 0.6 is 23.4 Å². The average Bonchev–Trinajstić information content (AvgIpc) is 3.59. The number of rotatable bonds is 4. The number of pyridine rings is 2. The van der Waals surface area contributed by atoms with Crippen LogP contribution in [0.2, 0.25) is 5.02 Å². The molecule has 1 spiro atoms. The highest BCUT2D eigenvalue weighted by molar-refractivity contribution is 7.99. The summed E-state index contributed by atoms with van der Waals surface area (Å²) in [5.74, 6) is 0.830. The number of piperidine rings is 1. The highest BCUT2D eigenvalue weighted by Crippen LogP contribution is 2.51. The van der Waals surface area contributed by atoms with Crippen molar-refractivity contribution in [1.29, 1.82) is 0 Å². The summed E-state index contributed by atoms with van der Waals surface area (Å²) < 4.78 is 2.10. The fourth-order valence-corrected chi connectivity index (χ4v) is 7.25. The van der Waals surface area contributed by atoms with Gasteiger partial charge in [-0.25, -0.2) is 15.0 Å². The van der Waals surface area contributed by atoms with E-state index in [9.17, 15) is 4.79 Å². The minimum absolute atomic E-state index is 0.0245. The molecule has 0 saturated carbocycles. The van der Waals surface area contributed by atoms with Crippen LogP contribution in [0, 0.1) is 5.41 Å². The van der Waals surface area contributed by atoms with E-state index in [1.807, 2.05) is 42.6 Å². The van der Waals surface area contributed by atoms with Crippen molar-refractivity contribution in [3.63, 3.8) is 0 Å². The van der Waals surface area contributed by atoms with Crippen molar-refractivity contribution in [2.45, 2.75) is 35.1 Å². The van der Waals surface area contributed by atoms with Gasteiger partial charge in [0.15, 0.2) is 11.5 Å². The maximum atomic E-state index is 11.7. The van der Waals surface area contributed by atoms with Gasteiger partial charge in [0.1, 0.15) is 17.0 Å². The number of aromatic nitrogens is 4. The first-order chi connectivity index (χ1) is 18.3. The van der Waals surface area contributed by atoms with Crippen molar-refractivity contribution in [3.8, 4) is 0 Å². The number of benzene rings is 1. The van der Waals surface area contributed by atoms with Crippen LogP contribution in [0.5, 0.6) is 0 Å². The Morgan fingerprint density at radius 2 is 1.92 bits per heavy atom. The van der Waals surface area contributed by atoms with Crippen molar-refractivity contribution < 1.29 is 4.79 Å². The Bertz CT molecular complexity index is 1730. The predicted molar refractivity (Wildman–Crippen MR) is 149 cm³/mol.